The second-order valence-corrected chi connectivity index (χ2v) is 5.68. The minimum Gasteiger partial charge on any atom is -0.497 e. The lowest BCUT2D eigenvalue weighted by atomic mass is 10.1. The van der Waals surface area contributed by atoms with Gasteiger partial charge in [0, 0.05) is 25.2 Å². The first-order valence-electron chi connectivity index (χ1n) is 8.18. The summed E-state index contributed by atoms with van der Waals surface area (Å²) in [7, 11) is 1.58. The lowest BCUT2D eigenvalue weighted by Gasteiger charge is -2.10. The smallest absolute Gasteiger partial charge is 0.315 e. The Hall–Kier alpha value is -3.09. The molecule has 0 bridgehead atoms. The van der Waals surface area contributed by atoms with Gasteiger partial charge >= 0.3 is 6.03 Å². The Balaban J connectivity index is 1.67. The maximum atomic E-state index is 13.5. The fraction of sp³-hybridized carbons (Fsp3) is 0.263. The zero-order chi connectivity index (χ0) is 18.9. The summed E-state index contributed by atoms with van der Waals surface area (Å²) in [6.07, 6.45) is 0. The van der Waals surface area contributed by atoms with Crippen molar-refractivity contribution in [2.24, 2.45) is 0 Å². The summed E-state index contributed by atoms with van der Waals surface area (Å²) in [6, 6.07) is 11.3. The summed E-state index contributed by atoms with van der Waals surface area (Å²) in [5.74, 6) is -0.0878. The molecule has 138 valence electrons. The first-order chi connectivity index (χ1) is 12.5. The summed E-state index contributed by atoms with van der Waals surface area (Å²) < 4.78 is 18.6. The van der Waals surface area contributed by atoms with E-state index in [4.69, 9.17) is 4.74 Å². The Morgan fingerprint density at radius 2 is 1.81 bits per heavy atom. The summed E-state index contributed by atoms with van der Waals surface area (Å²) in [5, 5.41) is 7.98. The average Bonchev–Trinajstić information content (AvgIpc) is 2.65. The fourth-order valence-electron chi connectivity index (χ4n) is 2.22. The Bertz CT molecular complexity index is 780. The second kappa shape index (κ2) is 9.41. The molecule has 0 heterocycles. The van der Waals surface area contributed by atoms with E-state index < -0.39 is 5.82 Å². The summed E-state index contributed by atoms with van der Waals surface area (Å²) in [5.41, 5.74) is 1.64. The number of carbonyl (C=O) groups excluding carboxylic acids is 2. The molecule has 0 atom stereocenters. The topological polar surface area (TPSA) is 79.5 Å². The van der Waals surface area contributed by atoms with Gasteiger partial charge in [-0.2, -0.15) is 0 Å². The Kier molecular flexibility index (Phi) is 6.96. The molecule has 3 amide bonds. The van der Waals surface area contributed by atoms with Crippen molar-refractivity contribution in [3.8, 4) is 5.75 Å². The third-order valence-corrected chi connectivity index (χ3v) is 3.72. The van der Waals surface area contributed by atoms with E-state index in [0.29, 0.717) is 12.1 Å². The number of amides is 3. The van der Waals surface area contributed by atoms with Crippen LogP contribution in [0.2, 0.25) is 0 Å². The molecule has 2 aromatic rings. The van der Waals surface area contributed by atoms with Crippen molar-refractivity contribution >= 4 is 11.9 Å². The fourth-order valence-corrected chi connectivity index (χ4v) is 2.22. The predicted molar refractivity (Wildman–Crippen MR) is 96.7 cm³/mol. The molecule has 26 heavy (non-hydrogen) atoms. The van der Waals surface area contributed by atoms with Gasteiger partial charge in [0.1, 0.15) is 11.6 Å². The van der Waals surface area contributed by atoms with Gasteiger partial charge in [0.25, 0.3) is 5.91 Å². The SMILES string of the molecule is COc1cccc(CNC(=O)NCCNC(=O)c2ccc(C)c(F)c2)c1. The van der Waals surface area contributed by atoms with Crippen molar-refractivity contribution in [3.05, 3.63) is 65.0 Å². The Labute approximate surface area is 151 Å². The minimum absolute atomic E-state index is 0.237. The van der Waals surface area contributed by atoms with Crippen LogP contribution in [0.3, 0.4) is 0 Å². The van der Waals surface area contributed by atoms with Crippen molar-refractivity contribution in [1.29, 1.82) is 0 Å². The van der Waals surface area contributed by atoms with E-state index in [0.717, 1.165) is 11.3 Å². The molecule has 0 aliphatic rings. The second-order valence-electron chi connectivity index (χ2n) is 5.68. The van der Waals surface area contributed by atoms with Crippen LogP contribution in [0.1, 0.15) is 21.5 Å². The molecule has 0 saturated heterocycles. The largest absolute Gasteiger partial charge is 0.497 e. The van der Waals surface area contributed by atoms with E-state index in [1.807, 2.05) is 24.3 Å². The lowest BCUT2D eigenvalue weighted by Crippen LogP contribution is -2.40. The normalized spacial score (nSPS) is 10.1. The third-order valence-electron chi connectivity index (χ3n) is 3.72. The van der Waals surface area contributed by atoms with Gasteiger partial charge in [-0.05, 0) is 42.3 Å². The highest BCUT2D eigenvalue weighted by Gasteiger charge is 2.08. The zero-order valence-electron chi connectivity index (χ0n) is 14.8. The van der Waals surface area contributed by atoms with E-state index in [1.54, 1.807) is 26.2 Å². The number of urea groups is 1. The number of carbonyl (C=O) groups is 2. The van der Waals surface area contributed by atoms with Gasteiger partial charge in [0.15, 0.2) is 0 Å². The average molecular weight is 359 g/mol. The quantitative estimate of drug-likeness (QED) is 0.664. The van der Waals surface area contributed by atoms with Crippen molar-refractivity contribution in [1.82, 2.24) is 16.0 Å². The molecule has 6 nitrogen and oxygen atoms in total. The molecule has 0 aliphatic heterocycles. The molecule has 0 saturated carbocycles. The number of benzene rings is 2. The van der Waals surface area contributed by atoms with Crippen molar-refractivity contribution < 1.29 is 18.7 Å². The summed E-state index contributed by atoms with van der Waals surface area (Å²) in [4.78, 5) is 23.7. The molecule has 0 radical (unpaired) electrons. The van der Waals surface area contributed by atoms with Crippen LogP contribution >= 0.6 is 0 Å². The van der Waals surface area contributed by atoms with Gasteiger partial charge < -0.3 is 20.7 Å². The minimum atomic E-state index is -0.423. The van der Waals surface area contributed by atoms with E-state index in [-0.39, 0.29) is 30.6 Å². The number of nitrogens with one attached hydrogen (secondary N) is 3. The number of aryl methyl sites for hydroxylation is 1. The van der Waals surface area contributed by atoms with Gasteiger partial charge in [0.05, 0.1) is 7.11 Å². The van der Waals surface area contributed by atoms with E-state index in [2.05, 4.69) is 16.0 Å². The van der Waals surface area contributed by atoms with Crippen LogP contribution in [-0.2, 0) is 6.54 Å². The highest BCUT2D eigenvalue weighted by Crippen LogP contribution is 2.12. The molecule has 3 N–H and O–H groups in total. The van der Waals surface area contributed by atoms with E-state index in [9.17, 15) is 14.0 Å². The number of ether oxygens (including phenoxy) is 1. The third kappa shape index (κ3) is 5.77. The number of methoxy groups -OCH3 is 1. The van der Waals surface area contributed by atoms with Crippen LogP contribution in [0, 0.1) is 12.7 Å². The van der Waals surface area contributed by atoms with Gasteiger partial charge in [-0.15, -0.1) is 0 Å². The predicted octanol–water partition coefficient (Wildman–Crippen LogP) is 2.37. The summed E-state index contributed by atoms with van der Waals surface area (Å²) >= 11 is 0. The van der Waals surface area contributed by atoms with E-state index in [1.165, 1.54) is 6.07 Å². The van der Waals surface area contributed by atoms with Crippen LogP contribution < -0.4 is 20.7 Å². The number of hydrogen-bond acceptors (Lipinski definition) is 3. The number of hydrogen-bond donors (Lipinski definition) is 3. The van der Waals surface area contributed by atoms with Crippen LogP contribution in [-0.4, -0.2) is 32.1 Å². The van der Waals surface area contributed by atoms with Gasteiger partial charge in [-0.1, -0.05) is 18.2 Å². The van der Waals surface area contributed by atoms with Crippen LogP contribution in [0.5, 0.6) is 5.75 Å². The Morgan fingerprint density at radius 1 is 1.04 bits per heavy atom. The van der Waals surface area contributed by atoms with Crippen LogP contribution in [0.25, 0.3) is 0 Å². The molecule has 0 unspecified atom stereocenters. The number of rotatable bonds is 7. The zero-order valence-corrected chi connectivity index (χ0v) is 14.8. The molecule has 2 rings (SSSR count). The first-order valence-corrected chi connectivity index (χ1v) is 8.18. The Morgan fingerprint density at radius 3 is 2.54 bits per heavy atom. The van der Waals surface area contributed by atoms with Gasteiger partial charge in [-0.25, -0.2) is 9.18 Å². The van der Waals surface area contributed by atoms with Crippen molar-refractivity contribution in [2.45, 2.75) is 13.5 Å². The van der Waals surface area contributed by atoms with Crippen LogP contribution in [0.4, 0.5) is 9.18 Å². The lowest BCUT2D eigenvalue weighted by molar-refractivity contribution is 0.0953. The van der Waals surface area contributed by atoms with E-state index >= 15 is 0 Å². The first kappa shape index (κ1) is 19.2. The highest BCUT2D eigenvalue weighted by molar-refractivity contribution is 5.94. The standard InChI is InChI=1S/C19H22FN3O3/c1-13-6-7-15(11-17(13)20)18(24)21-8-9-22-19(25)23-12-14-4-3-5-16(10-14)26-2/h3-7,10-11H,8-9,12H2,1-2H3,(H,21,24)(H2,22,23,25). The number of halogens is 1. The molecule has 0 aliphatic carbocycles. The molecule has 0 fully saturated rings. The monoisotopic (exact) mass is 359 g/mol. The van der Waals surface area contributed by atoms with Crippen LogP contribution in [0.15, 0.2) is 42.5 Å². The van der Waals surface area contributed by atoms with Crippen molar-refractivity contribution in [2.75, 3.05) is 20.2 Å². The molecule has 0 spiro atoms. The van der Waals surface area contributed by atoms with Gasteiger partial charge in [0.2, 0.25) is 0 Å². The molecule has 2 aromatic carbocycles. The maximum Gasteiger partial charge on any atom is 0.315 e. The highest BCUT2D eigenvalue weighted by atomic mass is 19.1. The maximum absolute atomic E-state index is 13.5. The van der Waals surface area contributed by atoms with Gasteiger partial charge in [-0.3, -0.25) is 4.79 Å². The molecular formula is C19H22FN3O3. The molecule has 0 aromatic heterocycles. The molecular weight excluding hydrogens is 337 g/mol. The van der Waals surface area contributed by atoms with Crippen molar-refractivity contribution in [3.63, 3.8) is 0 Å². The summed E-state index contributed by atoms with van der Waals surface area (Å²) in [6.45, 7) is 2.48. The molecule has 7 heteroatoms.